The highest BCUT2D eigenvalue weighted by atomic mass is 14.3. The zero-order valence-electron chi connectivity index (χ0n) is 12.3. The van der Waals surface area contributed by atoms with Gasteiger partial charge >= 0.3 is 0 Å². The molecule has 21 heavy (non-hydrogen) atoms. The molecule has 0 aromatic heterocycles. The van der Waals surface area contributed by atoms with E-state index in [0.29, 0.717) is 5.92 Å². The van der Waals surface area contributed by atoms with E-state index in [-0.39, 0.29) is 1.43 Å². The van der Waals surface area contributed by atoms with Gasteiger partial charge in [0.2, 0.25) is 0 Å². The molecule has 0 saturated heterocycles. The Balaban J connectivity index is 0.00000144. The molecule has 2 aromatic carbocycles. The fourth-order valence-corrected chi connectivity index (χ4v) is 3.45. The Hall–Kier alpha value is -2.34. The Morgan fingerprint density at radius 1 is 1.00 bits per heavy atom. The average Bonchev–Trinajstić information content (AvgIpc) is 2.86. The Kier molecular flexibility index (Phi) is 2.71. The Morgan fingerprint density at radius 2 is 1.86 bits per heavy atom. The van der Waals surface area contributed by atoms with E-state index in [9.17, 15) is 0 Å². The van der Waals surface area contributed by atoms with Crippen molar-refractivity contribution in [3.8, 4) is 11.1 Å². The molecule has 0 N–H and O–H groups in total. The van der Waals surface area contributed by atoms with Gasteiger partial charge in [0.1, 0.15) is 0 Å². The van der Waals surface area contributed by atoms with Crippen molar-refractivity contribution in [1.82, 2.24) is 0 Å². The summed E-state index contributed by atoms with van der Waals surface area (Å²) in [6, 6.07) is 13.5. The van der Waals surface area contributed by atoms with Crippen LogP contribution >= 0.6 is 0 Å². The zero-order valence-corrected chi connectivity index (χ0v) is 12.3. The van der Waals surface area contributed by atoms with E-state index in [1.165, 1.54) is 33.4 Å². The minimum atomic E-state index is 0. The monoisotopic (exact) mass is 272 g/mol. The first-order valence-electron chi connectivity index (χ1n) is 7.53. The number of fused-ring (bicyclic) bond motifs is 4. The highest BCUT2D eigenvalue weighted by Gasteiger charge is 2.22. The van der Waals surface area contributed by atoms with Gasteiger partial charge < -0.3 is 0 Å². The second-order valence-electron chi connectivity index (χ2n) is 5.99. The van der Waals surface area contributed by atoms with E-state index in [0.717, 1.165) is 12.0 Å². The molecule has 0 spiro atoms. The van der Waals surface area contributed by atoms with Crippen molar-refractivity contribution in [3.05, 3.63) is 89.5 Å². The maximum Gasteiger partial charge on any atom is 0 e. The van der Waals surface area contributed by atoms with Gasteiger partial charge in [0.25, 0.3) is 0 Å². The molecule has 0 amide bonds. The van der Waals surface area contributed by atoms with Crippen molar-refractivity contribution in [3.63, 3.8) is 0 Å². The number of allylic oxidation sites excluding steroid dienone is 5. The lowest BCUT2D eigenvalue weighted by molar-refractivity contribution is 0.957. The molecule has 104 valence electrons. The van der Waals surface area contributed by atoms with Gasteiger partial charge in [-0.1, -0.05) is 68.1 Å². The van der Waals surface area contributed by atoms with Crippen LogP contribution in [-0.4, -0.2) is 0 Å². The molecule has 2 aromatic rings. The third-order valence-electron chi connectivity index (χ3n) is 4.61. The summed E-state index contributed by atoms with van der Waals surface area (Å²) in [6.07, 6.45) is 9.63. The van der Waals surface area contributed by atoms with Crippen LogP contribution in [0.4, 0.5) is 0 Å². The van der Waals surface area contributed by atoms with Crippen LogP contribution in [0.15, 0.2) is 67.3 Å². The molecule has 1 unspecified atom stereocenters. The van der Waals surface area contributed by atoms with Crippen LogP contribution in [0.2, 0.25) is 0 Å². The summed E-state index contributed by atoms with van der Waals surface area (Å²) in [5.74, 6) is 0.427. The molecule has 2 aliphatic rings. The first kappa shape index (κ1) is 12.4. The molecule has 0 fully saturated rings. The summed E-state index contributed by atoms with van der Waals surface area (Å²) >= 11 is 0. The topological polar surface area (TPSA) is 0 Å². The maximum absolute atomic E-state index is 4.25. The van der Waals surface area contributed by atoms with Crippen LogP contribution in [0.1, 0.15) is 36.5 Å². The molecule has 0 saturated carbocycles. The summed E-state index contributed by atoms with van der Waals surface area (Å²) in [4.78, 5) is 0. The maximum atomic E-state index is 4.25. The largest absolute Gasteiger partial charge is 0.0911 e. The first-order chi connectivity index (χ1) is 10.2. The lowest BCUT2D eigenvalue weighted by Gasteiger charge is -2.18. The molecule has 0 aliphatic heterocycles. The van der Waals surface area contributed by atoms with Gasteiger partial charge in [-0.2, -0.15) is 0 Å². The molecule has 0 heterocycles. The van der Waals surface area contributed by atoms with Crippen molar-refractivity contribution < 1.29 is 1.43 Å². The lowest BCUT2D eigenvalue weighted by Crippen LogP contribution is -1.99. The highest BCUT2D eigenvalue weighted by Crippen LogP contribution is 2.41. The second kappa shape index (κ2) is 4.60. The number of hydrogen-bond acceptors (Lipinski definition) is 0. The fourth-order valence-electron chi connectivity index (χ4n) is 3.45. The van der Waals surface area contributed by atoms with Crippen LogP contribution in [0, 0.1) is 0 Å². The van der Waals surface area contributed by atoms with E-state index in [2.05, 4.69) is 74.2 Å². The van der Waals surface area contributed by atoms with Crippen LogP contribution in [0.3, 0.4) is 0 Å². The highest BCUT2D eigenvalue weighted by molar-refractivity contribution is 5.84. The van der Waals surface area contributed by atoms with Gasteiger partial charge in [-0.25, -0.2) is 0 Å². The van der Waals surface area contributed by atoms with Crippen LogP contribution in [-0.2, 0) is 6.42 Å². The molecule has 2 aliphatic carbocycles. The molecule has 0 nitrogen and oxygen atoms in total. The minimum absolute atomic E-state index is 0. The lowest BCUT2D eigenvalue weighted by atomic mass is 9.86. The predicted octanol–water partition coefficient (Wildman–Crippen LogP) is 5.75. The minimum Gasteiger partial charge on any atom is -0.0911 e. The average molecular weight is 272 g/mol. The fraction of sp³-hybridized carbons (Fsp3) is 0.143. The van der Waals surface area contributed by atoms with Gasteiger partial charge in [-0.05, 0) is 57.4 Å². The van der Waals surface area contributed by atoms with Crippen molar-refractivity contribution in [1.29, 1.82) is 0 Å². The molecular formula is C21H20. The van der Waals surface area contributed by atoms with E-state index in [1.807, 2.05) is 0 Å². The quantitative estimate of drug-likeness (QED) is 0.489. The standard InChI is InChI=1S/C21H18.H2/c1-14-7-3-4-8-15(2)20-13-21-17(12-19(14)20)11-16-9-5-6-10-18(16)21;/h3-10,12-14H,2,11H2,1H3;1H/b7-3-,8-4-;. The molecule has 4 rings (SSSR count). The third-order valence-corrected chi connectivity index (χ3v) is 4.61. The van der Waals surface area contributed by atoms with E-state index >= 15 is 0 Å². The van der Waals surface area contributed by atoms with Crippen molar-refractivity contribution in [2.24, 2.45) is 0 Å². The summed E-state index contributed by atoms with van der Waals surface area (Å²) < 4.78 is 0. The van der Waals surface area contributed by atoms with Crippen molar-refractivity contribution in [2.75, 3.05) is 0 Å². The SMILES string of the molecule is C=C1/C=C\C=C/C(C)c2cc3c(cc21)-c1ccccc1C3.[HH]. The van der Waals surface area contributed by atoms with Crippen molar-refractivity contribution in [2.45, 2.75) is 19.3 Å². The number of benzene rings is 2. The number of rotatable bonds is 0. The van der Waals surface area contributed by atoms with Crippen molar-refractivity contribution >= 4 is 5.57 Å². The smallest absolute Gasteiger partial charge is 0 e. The van der Waals surface area contributed by atoms with Crippen LogP contribution in [0.5, 0.6) is 0 Å². The molecule has 0 heteroatoms. The molecule has 1 atom stereocenters. The molecule has 0 bridgehead atoms. The summed E-state index contributed by atoms with van der Waals surface area (Å²) in [6.45, 7) is 6.51. The molecule has 0 radical (unpaired) electrons. The van der Waals surface area contributed by atoms with E-state index in [1.54, 1.807) is 0 Å². The molecular weight excluding hydrogens is 252 g/mol. The Labute approximate surface area is 127 Å². The Morgan fingerprint density at radius 3 is 2.76 bits per heavy atom. The summed E-state index contributed by atoms with van der Waals surface area (Å²) in [5.41, 5.74) is 9.45. The number of hydrogen-bond donors (Lipinski definition) is 0. The Bertz CT molecular complexity index is 809. The van der Waals surface area contributed by atoms with Gasteiger partial charge in [0.15, 0.2) is 0 Å². The normalized spacial score (nSPS) is 21.8. The van der Waals surface area contributed by atoms with Gasteiger partial charge in [-0.15, -0.1) is 0 Å². The zero-order chi connectivity index (χ0) is 14.4. The van der Waals surface area contributed by atoms with E-state index in [4.69, 9.17) is 0 Å². The van der Waals surface area contributed by atoms with E-state index < -0.39 is 0 Å². The predicted molar refractivity (Wildman–Crippen MR) is 92.5 cm³/mol. The third kappa shape index (κ3) is 1.91. The van der Waals surface area contributed by atoms with Gasteiger partial charge in [0, 0.05) is 1.43 Å². The summed E-state index contributed by atoms with van der Waals surface area (Å²) in [5, 5.41) is 0. The second-order valence-corrected chi connectivity index (χ2v) is 5.99. The summed E-state index contributed by atoms with van der Waals surface area (Å²) in [7, 11) is 0. The van der Waals surface area contributed by atoms with Crippen LogP contribution < -0.4 is 0 Å². The van der Waals surface area contributed by atoms with Gasteiger partial charge in [-0.3, -0.25) is 0 Å². The van der Waals surface area contributed by atoms with Crippen LogP contribution in [0.25, 0.3) is 16.7 Å². The first-order valence-corrected chi connectivity index (χ1v) is 7.53. The van der Waals surface area contributed by atoms with Gasteiger partial charge in [0.05, 0.1) is 0 Å².